The van der Waals surface area contributed by atoms with Crippen LogP contribution in [0, 0.1) is 24.0 Å². The summed E-state index contributed by atoms with van der Waals surface area (Å²) in [5.74, 6) is -0.798. The number of phenols is 1. The van der Waals surface area contributed by atoms with Gasteiger partial charge in [-0.2, -0.15) is 9.97 Å². The minimum Gasteiger partial charge on any atom is -0.508 e. The minimum absolute atomic E-state index is 0.0130. The second-order valence-electron chi connectivity index (χ2n) is 19.1. The van der Waals surface area contributed by atoms with Crippen LogP contribution in [-0.2, 0) is 14.4 Å². The molecule has 5 fully saturated rings. The number of anilines is 2. The third kappa shape index (κ3) is 8.71. The van der Waals surface area contributed by atoms with Gasteiger partial charge in [0.2, 0.25) is 17.7 Å². The van der Waals surface area contributed by atoms with Crippen molar-refractivity contribution in [2.24, 2.45) is 0 Å². The minimum atomic E-state index is -1.02. The van der Waals surface area contributed by atoms with Gasteiger partial charge in [0.1, 0.15) is 34.6 Å². The summed E-state index contributed by atoms with van der Waals surface area (Å²) in [5.41, 5.74) is 1.15. The van der Waals surface area contributed by atoms with Crippen molar-refractivity contribution in [1.29, 1.82) is 0 Å². The van der Waals surface area contributed by atoms with Crippen LogP contribution in [0.1, 0.15) is 58.4 Å². The summed E-state index contributed by atoms with van der Waals surface area (Å²) >= 11 is 0. The number of ether oxygens (including phenoxy) is 1. The molecule has 20 heteroatoms. The fourth-order valence-electron chi connectivity index (χ4n) is 11.0. The number of nitrogens with zero attached hydrogens (tertiary/aromatic N) is 9. The Labute approximate surface area is 406 Å². The summed E-state index contributed by atoms with van der Waals surface area (Å²) in [4.78, 5) is 89.6. The van der Waals surface area contributed by atoms with E-state index in [9.17, 15) is 33.5 Å². The standard InChI is InChI=1S/C51H51F2N11O7/c1-2-34-39(52)9-4-29-22-33(65)24-37(43(29)34)45-44(53)46-38(25-54-45)47(63-26-30-5-6-31(27-63)55-30)58-51(57-46)71-21-3-12-59-13-19-62(20-14-59)42(67)28-60-15-17-61(18-16-60)32-7-8-35-36(23-32)50(70)64(49(35)69)40-10-11-41(66)56-48(40)68/h1,4,7-9,22-25,30-31,40,55,65H,3,5-6,10-21,26-28H2,(H,56,66,68). The molecule has 0 aliphatic carbocycles. The summed E-state index contributed by atoms with van der Waals surface area (Å²) in [5, 5.41) is 17.6. The van der Waals surface area contributed by atoms with E-state index in [1.165, 1.54) is 30.5 Å². The van der Waals surface area contributed by atoms with Gasteiger partial charge in [0.25, 0.3) is 11.8 Å². The first-order valence-corrected chi connectivity index (χ1v) is 24.2. The molecule has 3 atom stereocenters. The number of pyridine rings is 1. The highest BCUT2D eigenvalue weighted by Gasteiger charge is 2.45. The van der Waals surface area contributed by atoms with Gasteiger partial charge in [-0.15, -0.1) is 6.42 Å². The van der Waals surface area contributed by atoms with Crippen molar-refractivity contribution in [3.8, 4) is 35.4 Å². The quantitative estimate of drug-likeness (QED) is 0.0993. The molecule has 2 aromatic heterocycles. The van der Waals surface area contributed by atoms with Gasteiger partial charge >= 0.3 is 6.01 Å². The lowest BCUT2D eigenvalue weighted by atomic mass is 9.96. The molecule has 3 unspecified atom stereocenters. The van der Waals surface area contributed by atoms with Crippen molar-refractivity contribution >= 4 is 62.7 Å². The van der Waals surface area contributed by atoms with Crippen molar-refractivity contribution in [3.63, 3.8) is 0 Å². The summed E-state index contributed by atoms with van der Waals surface area (Å²) in [6, 6.07) is 10.1. The average Bonchev–Trinajstić information content (AvgIpc) is 3.84. The van der Waals surface area contributed by atoms with Gasteiger partial charge in [-0.25, -0.2) is 8.78 Å². The molecule has 366 valence electrons. The van der Waals surface area contributed by atoms with Gasteiger partial charge in [0.05, 0.1) is 35.2 Å². The second kappa shape index (κ2) is 18.8. The number of carbonyl (C=O) groups is 5. The molecular formula is C51H51F2N11O7. The molecule has 2 bridgehead atoms. The van der Waals surface area contributed by atoms with E-state index in [4.69, 9.17) is 16.1 Å². The van der Waals surface area contributed by atoms with E-state index in [-0.39, 0.29) is 94.6 Å². The number of piperazine rings is 3. The van der Waals surface area contributed by atoms with Crippen molar-refractivity contribution in [2.45, 2.75) is 50.2 Å². The number of fused-ring (bicyclic) bond motifs is 5. The molecule has 0 spiro atoms. The van der Waals surface area contributed by atoms with Gasteiger partial charge < -0.3 is 29.9 Å². The zero-order valence-electron chi connectivity index (χ0n) is 38.8. The smallest absolute Gasteiger partial charge is 0.319 e. The highest BCUT2D eigenvalue weighted by molar-refractivity contribution is 6.23. The van der Waals surface area contributed by atoms with Crippen LogP contribution >= 0.6 is 0 Å². The monoisotopic (exact) mass is 967 g/mol. The average molecular weight is 968 g/mol. The van der Waals surface area contributed by atoms with Crippen LogP contribution in [0.5, 0.6) is 11.8 Å². The van der Waals surface area contributed by atoms with E-state index >= 15 is 4.39 Å². The molecule has 6 aliphatic rings. The van der Waals surface area contributed by atoms with Crippen molar-refractivity contribution in [1.82, 2.24) is 45.2 Å². The number of benzene rings is 3. The summed E-state index contributed by atoms with van der Waals surface area (Å²) in [7, 11) is 0. The maximum absolute atomic E-state index is 17.0. The Bertz CT molecular complexity index is 3070. The number of rotatable bonds is 11. The number of nitrogens with one attached hydrogen (secondary N) is 2. The number of piperidine rings is 1. The van der Waals surface area contributed by atoms with Crippen LogP contribution in [0.15, 0.2) is 48.7 Å². The molecule has 8 heterocycles. The van der Waals surface area contributed by atoms with Crippen LogP contribution in [0.3, 0.4) is 0 Å². The van der Waals surface area contributed by atoms with Crippen LogP contribution in [0.2, 0.25) is 0 Å². The molecule has 0 radical (unpaired) electrons. The third-order valence-electron chi connectivity index (χ3n) is 14.7. The van der Waals surface area contributed by atoms with Crippen LogP contribution in [-0.4, -0.2) is 172 Å². The number of hydrogen-bond acceptors (Lipinski definition) is 15. The molecule has 3 N–H and O–H groups in total. The Morgan fingerprint density at radius 1 is 0.845 bits per heavy atom. The number of phenolic OH excluding ortho intramolecular Hbond substituents is 1. The zero-order chi connectivity index (χ0) is 49.1. The predicted molar refractivity (Wildman–Crippen MR) is 257 cm³/mol. The second-order valence-corrected chi connectivity index (χ2v) is 19.1. The Morgan fingerprint density at radius 2 is 1.59 bits per heavy atom. The summed E-state index contributed by atoms with van der Waals surface area (Å²) in [6.45, 7) is 7.62. The van der Waals surface area contributed by atoms with E-state index in [1.807, 2.05) is 4.90 Å². The fraction of sp³-hybridized carbons (Fsp3) is 0.412. The van der Waals surface area contributed by atoms with Gasteiger partial charge in [-0.05, 0) is 67.5 Å². The molecule has 5 aromatic rings. The first-order chi connectivity index (χ1) is 34.4. The molecule has 71 heavy (non-hydrogen) atoms. The molecule has 5 saturated heterocycles. The Balaban J connectivity index is 0.691. The lowest BCUT2D eigenvalue weighted by Crippen LogP contribution is -2.54. The Morgan fingerprint density at radius 3 is 2.34 bits per heavy atom. The molecule has 3 aromatic carbocycles. The third-order valence-corrected chi connectivity index (χ3v) is 14.7. The first kappa shape index (κ1) is 46.1. The normalized spacial score (nSPS) is 21.8. The topological polar surface area (TPSA) is 197 Å². The van der Waals surface area contributed by atoms with E-state index in [0.717, 1.165) is 23.4 Å². The first-order valence-electron chi connectivity index (χ1n) is 24.2. The molecule has 18 nitrogen and oxygen atoms in total. The number of aromatic hydroxyl groups is 1. The SMILES string of the molecule is C#Cc1c(F)ccc2cc(O)cc(-c3ncc4c(N5CC6CCC(C5)N6)nc(OCCCN5CCN(C(=O)CN6CCN(c7ccc8c(c7)C(=O)N(C7CCC(=O)NC7=O)C8=O)CC6)CC5)nc4c3F)c12. The van der Waals surface area contributed by atoms with Crippen molar-refractivity contribution in [2.75, 3.05) is 94.9 Å². The van der Waals surface area contributed by atoms with E-state index < -0.39 is 41.3 Å². The summed E-state index contributed by atoms with van der Waals surface area (Å²) in [6.07, 6.45) is 10.1. The maximum atomic E-state index is 17.0. The fourth-order valence-corrected chi connectivity index (χ4v) is 11.0. The molecule has 11 rings (SSSR count). The van der Waals surface area contributed by atoms with Crippen LogP contribution < -0.4 is 25.2 Å². The maximum Gasteiger partial charge on any atom is 0.319 e. The molecular weight excluding hydrogens is 917 g/mol. The number of aromatic nitrogens is 3. The molecule has 6 aliphatic heterocycles. The van der Waals surface area contributed by atoms with Crippen LogP contribution in [0.25, 0.3) is 32.9 Å². The Hall–Kier alpha value is -7.34. The highest BCUT2D eigenvalue weighted by atomic mass is 19.1. The molecule has 5 amide bonds. The summed E-state index contributed by atoms with van der Waals surface area (Å²) < 4.78 is 38.1. The highest BCUT2D eigenvalue weighted by Crippen LogP contribution is 2.40. The van der Waals surface area contributed by atoms with E-state index in [1.54, 1.807) is 18.2 Å². The number of halogens is 2. The van der Waals surface area contributed by atoms with Crippen LogP contribution in [0.4, 0.5) is 20.3 Å². The van der Waals surface area contributed by atoms with Gasteiger partial charge in [0, 0.05) is 113 Å². The van der Waals surface area contributed by atoms with Crippen molar-refractivity contribution in [3.05, 3.63) is 77.0 Å². The van der Waals surface area contributed by atoms with Gasteiger partial charge in [-0.3, -0.25) is 49.0 Å². The molecule has 0 saturated carbocycles. The predicted octanol–water partition coefficient (Wildman–Crippen LogP) is 2.89. The largest absolute Gasteiger partial charge is 0.508 e. The van der Waals surface area contributed by atoms with E-state index in [0.29, 0.717) is 95.0 Å². The Kier molecular flexibility index (Phi) is 12.2. The van der Waals surface area contributed by atoms with Crippen molar-refractivity contribution < 1.29 is 42.6 Å². The number of carbonyl (C=O) groups excluding carboxylic acids is 5. The number of imide groups is 2. The van der Waals surface area contributed by atoms with Gasteiger partial charge in [0.15, 0.2) is 5.82 Å². The van der Waals surface area contributed by atoms with Gasteiger partial charge in [-0.1, -0.05) is 12.0 Å². The number of terminal acetylenes is 1. The zero-order valence-corrected chi connectivity index (χ0v) is 38.8. The lowest BCUT2D eigenvalue weighted by Gasteiger charge is -2.38. The number of amides is 5. The van der Waals surface area contributed by atoms with E-state index in [2.05, 4.69) is 46.1 Å². The lowest BCUT2D eigenvalue weighted by molar-refractivity contribution is -0.136. The number of hydrogen-bond donors (Lipinski definition) is 3.